The minimum absolute atomic E-state index is 0.313. The predicted octanol–water partition coefficient (Wildman–Crippen LogP) is 0.277. The number of hydrogen-bond donors (Lipinski definition) is 1. The van der Waals surface area contributed by atoms with E-state index in [2.05, 4.69) is 10.5 Å². The third-order valence-electron chi connectivity index (χ3n) is 1.74. The Morgan fingerprint density at radius 3 is 2.80 bits per heavy atom. The fraction of sp³-hybridized carbons (Fsp3) is 0.833. The number of carbonyl (C=O) groups is 1. The third kappa shape index (κ3) is 1.39. The van der Waals surface area contributed by atoms with E-state index >= 15 is 0 Å². The predicted molar refractivity (Wildman–Crippen MR) is 36.4 cm³/mol. The maximum Gasteiger partial charge on any atom is 0.303 e. The molecule has 10 heavy (non-hydrogen) atoms. The molecule has 0 saturated carbocycles. The van der Waals surface area contributed by atoms with Crippen LogP contribution < -0.4 is 5.32 Å². The molecule has 0 aliphatic carbocycles. The average Bonchev–Trinajstić information content (AvgIpc) is 2.34. The first-order chi connectivity index (χ1) is 4.74. The highest BCUT2D eigenvalue weighted by atomic mass is 16.3. The van der Waals surface area contributed by atoms with Crippen molar-refractivity contribution in [1.82, 2.24) is 5.32 Å². The lowest BCUT2D eigenvalue weighted by Crippen LogP contribution is -2.28. The van der Waals surface area contributed by atoms with Crippen molar-refractivity contribution in [3.8, 4) is 0 Å². The second kappa shape index (κ2) is 2.88. The van der Waals surface area contributed by atoms with Gasteiger partial charge in [-0.3, -0.25) is 4.79 Å². The molecule has 56 valence electrons. The number of nitroso groups, excluding NO2 is 1. The highest BCUT2D eigenvalue weighted by molar-refractivity contribution is 5.82. The molecule has 4 nitrogen and oxygen atoms in total. The summed E-state index contributed by atoms with van der Waals surface area (Å²) in [5.74, 6) is -0.0833. The summed E-state index contributed by atoms with van der Waals surface area (Å²) in [6, 6.07) is -0.313. The van der Waals surface area contributed by atoms with Gasteiger partial charge in [0.25, 0.3) is 0 Å². The van der Waals surface area contributed by atoms with Crippen LogP contribution in [-0.4, -0.2) is 18.5 Å². The van der Waals surface area contributed by atoms with Crippen LogP contribution in [0.25, 0.3) is 0 Å². The van der Waals surface area contributed by atoms with Crippen molar-refractivity contribution in [2.45, 2.75) is 19.4 Å². The number of nitrogens with one attached hydrogen (secondary N) is 1. The molecular weight excluding hydrogens is 132 g/mol. The molecule has 0 spiro atoms. The Morgan fingerprint density at radius 1 is 1.70 bits per heavy atom. The Hall–Kier alpha value is -0.770. The Labute approximate surface area is 59.0 Å². The first-order valence-corrected chi connectivity index (χ1v) is 3.34. The zero-order chi connectivity index (χ0) is 7.56. The maximum atomic E-state index is 10.6. The van der Waals surface area contributed by atoms with Crippen LogP contribution in [0.4, 0.5) is 0 Å². The minimum atomic E-state index is -0.565. The molecule has 1 aliphatic heterocycles. The van der Waals surface area contributed by atoms with E-state index in [4.69, 9.17) is 0 Å². The van der Waals surface area contributed by atoms with Crippen molar-refractivity contribution in [2.24, 2.45) is 11.1 Å². The molecule has 0 bridgehead atoms. The average molecular weight is 142 g/mol. The van der Waals surface area contributed by atoms with Crippen LogP contribution in [0.3, 0.4) is 0 Å². The van der Waals surface area contributed by atoms with E-state index in [-0.39, 0.29) is 6.04 Å². The van der Waals surface area contributed by atoms with Gasteiger partial charge in [-0.2, -0.15) is 0 Å². The van der Waals surface area contributed by atoms with E-state index in [0.29, 0.717) is 5.92 Å². The molecule has 1 N–H and O–H groups in total. The van der Waals surface area contributed by atoms with Gasteiger partial charge in [0.15, 0.2) is 0 Å². The maximum absolute atomic E-state index is 10.6. The van der Waals surface area contributed by atoms with E-state index < -0.39 is 5.91 Å². The minimum Gasteiger partial charge on any atom is -0.305 e. The van der Waals surface area contributed by atoms with Gasteiger partial charge in [-0.25, -0.2) is 0 Å². The van der Waals surface area contributed by atoms with E-state index in [0.717, 1.165) is 13.0 Å². The molecule has 0 unspecified atom stereocenters. The van der Waals surface area contributed by atoms with Crippen molar-refractivity contribution in [3.05, 3.63) is 4.91 Å². The highest BCUT2D eigenvalue weighted by Gasteiger charge is 2.26. The molecule has 1 aliphatic rings. The van der Waals surface area contributed by atoms with Crippen LogP contribution in [0.1, 0.15) is 13.3 Å². The first-order valence-electron chi connectivity index (χ1n) is 3.34. The molecule has 1 amide bonds. The van der Waals surface area contributed by atoms with Gasteiger partial charge < -0.3 is 5.32 Å². The van der Waals surface area contributed by atoms with E-state index in [1.54, 1.807) is 0 Å². The number of amides is 1. The summed E-state index contributed by atoms with van der Waals surface area (Å²) in [6.45, 7) is 2.84. The highest BCUT2D eigenvalue weighted by Crippen LogP contribution is 2.13. The van der Waals surface area contributed by atoms with Gasteiger partial charge in [-0.1, -0.05) is 6.92 Å². The SMILES string of the molecule is C[C@@H]1CN[C@H](C(=O)N=O)C1. The Balaban J connectivity index is 2.44. The number of carbonyl (C=O) groups excluding carboxylic acids is 1. The summed E-state index contributed by atoms with van der Waals surface area (Å²) in [4.78, 5) is 20.4. The zero-order valence-corrected chi connectivity index (χ0v) is 5.83. The lowest BCUT2D eigenvalue weighted by Gasteiger charge is -1.99. The first kappa shape index (κ1) is 7.34. The summed E-state index contributed by atoms with van der Waals surface area (Å²) in [5.41, 5.74) is 0. The largest absolute Gasteiger partial charge is 0.305 e. The molecule has 0 aromatic carbocycles. The fourth-order valence-electron chi connectivity index (χ4n) is 1.16. The van der Waals surface area contributed by atoms with Gasteiger partial charge in [0.2, 0.25) is 0 Å². The molecule has 0 aromatic rings. The fourth-order valence-corrected chi connectivity index (χ4v) is 1.16. The summed E-state index contributed by atoms with van der Waals surface area (Å²) < 4.78 is 0. The second-order valence-corrected chi connectivity index (χ2v) is 2.73. The van der Waals surface area contributed by atoms with Crippen molar-refractivity contribution in [1.29, 1.82) is 0 Å². The van der Waals surface area contributed by atoms with Crippen LogP contribution >= 0.6 is 0 Å². The molecular formula is C6H10N2O2. The molecule has 1 fully saturated rings. The van der Waals surface area contributed by atoms with Crippen molar-refractivity contribution in [2.75, 3.05) is 6.54 Å². The van der Waals surface area contributed by atoms with Crippen LogP contribution in [0.2, 0.25) is 0 Å². The molecule has 0 radical (unpaired) electrons. The van der Waals surface area contributed by atoms with Crippen molar-refractivity contribution < 1.29 is 4.79 Å². The zero-order valence-electron chi connectivity index (χ0n) is 5.83. The normalized spacial score (nSPS) is 32.1. The van der Waals surface area contributed by atoms with E-state index in [9.17, 15) is 9.70 Å². The lowest BCUT2D eigenvalue weighted by atomic mass is 10.1. The van der Waals surface area contributed by atoms with Crippen LogP contribution in [0, 0.1) is 10.8 Å². The summed E-state index contributed by atoms with van der Waals surface area (Å²) >= 11 is 0. The molecule has 0 aromatic heterocycles. The van der Waals surface area contributed by atoms with Crippen LogP contribution in [-0.2, 0) is 4.79 Å². The molecule has 1 heterocycles. The third-order valence-corrected chi connectivity index (χ3v) is 1.74. The van der Waals surface area contributed by atoms with Gasteiger partial charge in [-0.05, 0) is 18.9 Å². The van der Waals surface area contributed by atoms with E-state index in [1.807, 2.05) is 6.92 Å². The molecule has 2 atom stereocenters. The van der Waals surface area contributed by atoms with Gasteiger partial charge in [0, 0.05) is 5.18 Å². The number of hydrogen-bond acceptors (Lipinski definition) is 3. The quantitative estimate of drug-likeness (QED) is 0.535. The Kier molecular flexibility index (Phi) is 2.11. The number of nitrogens with zero attached hydrogens (tertiary/aromatic N) is 1. The summed E-state index contributed by atoms with van der Waals surface area (Å²) in [6.07, 6.45) is 0.741. The monoisotopic (exact) mass is 142 g/mol. The molecule has 1 saturated heterocycles. The number of rotatable bonds is 1. The van der Waals surface area contributed by atoms with Crippen molar-refractivity contribution >= 4 is 5.91 Å². The van der Waals surface area contributed by atoms with E-state index in [1.165, 1.54) is 0 Å². The Morgan fingerprint density at radius 2 is 2.40 bits per heavy atom. The van der Waals surface area contributed by atoms with Gasteiger partial charge in [0.1, 0.15) is 0 Å². The smallest absolute Gasteiger partial charge is 0.303 e. The lowest BCUT2D eigenvalue weighted by molar-refractivity contribution is -0.119. The van der Waals surface area contributed by atoms with Crippen LogP contribution in [0.15, 0.2) is 5.18 Å². The van der Waals surface area contributed by atoms with Crippen LogP contribution in [0.5, 0.6) is 0 Å². The Bertz CT molecular complexity index is 158. The standard InChI is InChI=1S/C6H10N2O2/c1-4-2-5(7-3-4)6(9)8-10/h4-5,7H,2-3H2,1H3/t4-,5-/m0/s1. The van der Waals surface area contributed by atoms with Gasteiger partial charge in [-0.15, -0.1) is 4.91 Å². The van der Waals surface area contributed by atoms with Gasteiger partial charge >= 0.3 is 5.91 Å². The second-order valence-electron chi connectivity index (χ2n) is 2.73. The molecule has 4 heteroatoms. The van der Waals surface area contributed by atoms with Gasteiger partial charge in [0.05, 0.1) is 6.04 Å². The van der Waals surface area contributed by atoms with Crippen molar-refractivity contribution in [3.63, 3.8) is 0 Å². The topological polar surface area (TPSA) is 58.5 Å². The summed E-state index contributed by atoms with van der Waals surface area (Å²) in [5, 5.41) is 5.27. The molecule has 1 rings (SSSR count). The summed E-state index contributed by atoms with van der Waals surface area (Å²) in [7, 11) is 0.